The molecule has 0 aromatic heterocycles. The highest BCUT2D eigenvalue weighted by Crippen LogP contribution is 2.14. The number of hydrogen-bond acceptors (Lipinski definition) is 5. The Morgan fingerprint density at radius 3 is 1.35 bits per heavy atom. The zero-order chi connectivity index (χ0) is 33.8. The van der Waals surface area contributed by atoms with Gasteiger partial charge in [0.05, 0.1) is 13.2 Å². The summed E-state index contributed by atoms with van der Waals surface area (Å²) in [5.41, 5.74) is -1.55. The summed E-state index contributed by atoms with van der Waals surface area (Å²) in [6.45, 7) is 2.26. The Morgan fingerprint density at radius 2 is 0.957 bits per heavy atom. The van der Waals surface area contributed by atoms with E-state index in [1.807, 2.05) is 0 Å². The van der Waals surface area contributed by atoms with Crippen LogP contribution in [0.2, 0.25) is 0 Å². The molecule has 0 rings (SSSR count). The van der Waals surface area contributed by atoms with Crippen LogP contribution >= 0.6 is 0 Å². The molecule has 0 spiro atoms. The van der Waals surface area contributed by atoms with E-state index in [-0.39, 0.29) is 27.3 Å². The van der Waals surface area contributed by atoms with Gasteiger partial charge in [-0.25, -0.2) is 0 Å². The molecule has 0 aliphatic heterocycles. The third-order valence-electron chi connectivity index (χ3n) is 6.59. The lowest BCUT2D eigenvalue weighted by Crippen LogP contribution is -2.57. The van der Waals surface area contributed by atoms with Crippen molar-refractivity contribution >= 4 is 11.9 Å². The average Bonchev–Trinajstić information content (AvgIpc) is 3.06. The summed E-state index contributed by atoms with van der Waals surface area (Å²) in [6, 6.07) is 0. The zero-order valence-electron chi connectivity index (χ0n) is 27.6. The van der Waals surface area contributed by atoms with Crippen molar-refractivity contribution in [2.75, 3.05) is 19.8 Å². The summed E-state index contributed by atoms with van der Waals surface area (Å²) in [4.78, 5) is 24.4. The van der Waals surface area contributed by atoms with Gasteiger partial charge in [0.25, 0.3) is 5.91 Å². The van der Waals surface area contributed by atoms with E-state index in [2.05, 4.69) is 107 Å². The van der Waals surface area contributed by atoms with E-state index >= 15 is 0 Å². The van der Waals surface area contributed by atoms with E-state index in [1.165, 1.54) is 77.0 Å². The van der Waals surface area contributed by atoms with E-state index in [4.69, 9.17) is 4.74 Å². The minimum atomic E-state index is -1.55. The van der Waals surface area contributed by atoms with Crippen LogP contribution in [0.4, 0.5) is 0 Å². The monoisotopic (exact) mass is 642 g/mol. The lowest BCUT2D eigenvalue weighted by molar-refractivity contribution is -0.148. The fraction of sp³-hybridized carbons (Fsp3) is 0.550. The van der Waals surface area contributed by atoms with E-state index < -0.39 is 30.6 Å². The SMILES string of the molecule is CC#CC#CC#CC#CC#CC#CC#CC#CC(=O)NC(CO)(CO)COC(=O)CCCCCCCCCCCCCCCCC.[HH].[HH].[HH].[HH].[HH].[HH].[HH].[HH].[HH].[HH]. The number of aliphatic hydroxyl groups is 2. The summed E-state index contributed by atoms with van der Waals surface area (Å²) < 4.78 is 5.23. The Balaban J connectivity index is -0.000000225. The second kappa shape index (κ2) is 31.8. The van der Waals surface area contributed by atoms with Gasteiger partial charge in [0.15, 0.2) is 0 Å². The Hall–Kier alpha value is -4.66. The molecular weight excluding hydrogens is 574 g/mol. The smallest absolute Gasteiger partial charge is 0.305 e. The van der Waals surface area contributed by atoms with Gasteiger partial charge in [-0.3, -0.25) is 9.59 Å². The first-order valence-corrected chi connectivity index (χ1v) is 16.2. The van der Waals surface area contributed by atoms with Crippen LogP contribution in [0.15, 0.2) is 0 Å². The van der Waals surface area contributed by atoms with Gasteiger partial charge in [-0.2, -0.15) is 0 Å². The Labute approximate surface area is 292 Å². The molecule has 0 heterocycles. The molecule has 0 atom stereocenters. The molecule has 0 bridgehead atoms. The number of ether oxygens (including phenoxy) is 1. The molecule has 262 valence electrons. The van der Waals surface area contributed by atoms with Crippen LogP contribution in [0.3, 0.4) is 0 Å². The molecule has 0 unspecified atom stereocenters. The highest BCUT2D eigenvalue weighted by molar-refractivity contribution is 5.94. The number of esters is 1. The van der Waals surface area contributed by atoms with E-state index in [1.54, 1.807) is 6.92 Å². The van der Waals surface area contributed by atoms with Gasteiger partial charge in [-0.15, -0.1) is 0 Å². The lowest BCUT2D eigenvalue weighted by Gasteiger charge is -2.29. The van der Waals surface area contributed by atoms with Gasteiger partial charge in [0, 0.05) is 26.6 Å². The Kier molecular flexibility index (Phi) is 28.5. The van der Waals surface area contributed by atoms with Crippen LogP contribution in [-0.4, -0.2) is 47.4 Å². The van der Waals surface area contributed by atoms with Gasteiger partial charge < -0.3 is 20.3 Å². The van der Waals surface area contributed by atoms with Crippen LogP contribution in [0.25, 0.3) is 0 Å². The van der Waals surface area contributed by atoms with Crippen molar-refractivity contribution in [2.24, 2.45) is 0 Å². The Morgan fingerprint density at radius 1 is 0.587 bits per heavy atom. The highest BCUT2D eigenvalue weighted by atomic mass is 16.5. The predicted molar refractivity (Wildman–Crippen MR) is 205 cm³/mol. The van der Waals surface area contributed by atoms with Gasteiger partial charge in [-0.05, 0) is 96.2 Å². The minimum absolute atomic E-state index is 0. The van der Waals surface area contributed by atoms with Crippen LogP contribution in [0.5, 0.6) is 0 Å². The van der Waals surface area contributed by atoms with Crippen molar-refractivity contribution in [3.05, 3.63) is 0 Å². The quantitative estimate of drug-likeness (QED) is 0.0704. The summed E-state index contributed by atoms with van der Waals surface area (Å²) >= 11 is 0. The summed E-state index contributed by atoms with van der Waals surface area (Å²) in [5, 5.41) is 21.9. The maximum atomic E-state index is 12.2. The summed E-state index contributed by atoms with van der Waals surface area (Å²) in [5.74, 6) is 38.1. The molecule has 0 aliphatic carbocycles. The molecule has 0 aromatic rings. The van der Waals surface area contributed by atoms with Crippen LogP contribution in [0, 0.1) is 94.7 Å². The third-order valence-corrected chi connectivity index (χ3v) is 6.59. The molecule has 0 fully saturated rings. The second-order valence-electron chi connectivity index (χ2n) is 10.5. The zero-order valence-corrected chi connectivity index (χ0v) is 27.6. The normalized spacial score (nSPS) is 8.87. The number of aliphatic hydroxyl groups excluding tert-OH is 2. The van der Waals surface area contributed by atoms with Crippen molar-refractivity contribution < 1.29 is 38.8 Å². The first-order valence-electron chi connectivity index (χ1n) is 16.2. The average molecular weight is 642 g/mol. The fourth-order valence-electron chi connectivity index (χ4n) is 3.99. The maximum Gasteiger partial charge on any atom is 0.305 e. The van der Waals surface area contributed by atoms with Crippen molar-refractivity contribution in [1.82, 2.24) is 5.32 Å². The lowest BCUT2D eigenvalue weighted by atomic mass is 10.0. The largest absolute Gasteiger partial charge is 0.463 e. The molecule has 1 amide bonds. The molecule has 6 heteroatoms. The van der Waals surface area contributed by atoms with Gasteiger partial charge >= 0.3 is 5.97 Å². The number of nitrogens with one attached hydrogen (secondary N) is 1. The molecule has 0 aliphatic rings. The number of unbranched alkanes of at least 4 members (excludes halogenated alkanes) is 14. The predicted octanol–water partition coefficient (Wildman–Crippen LogP) is 7.14. The van der Waals surface area contributed by atoms with Gasteiger partial charge in [0.2, 0.25) is 0 Å². The number of carbonyl (C=O) groups excluding carboxylic acids is 2. The summed E-state index contributed by atoms with van der Waals surface area (Å²) in [6.07, 6.45) is 18.8. The number of amides is 1. The topological polar surface area (TPSA) is 95.9 Å². The highest BCUT2D eigenvalue weighted by Gasteiger charge is 2.32. The first-order chi connectivity index (χ1) is 22.5. The first kappa shape index (κ1) is 41.3. The van der Waals surface area contributed by atoms with Crippen molar-refractivity contribution in [1.29, 1.82) is 0 Å². The molecule has 0 aromatic carbocycles. The van der Waals surface area contributed by atoms with E-state index in [0.29, 0.717) is 6.42 Å². The molecular formula is C40H67NO5. The van der Waals surface area contributed by atoms with E-state index in [0.717, 1.165) is 12.8 Å². The van der Waals surface area contributed by atoms with Crippen molar-refractivity contribution in [2.45, 2.75) is 122 Å². The molecule has 0 saturated heterocycles. The van der Waals surface area contributed by atoms with Crippen molar-refractivity contribution in [3.63, 3.8) is 0 Å². The van der Waals surface area contributed by atoms with Crippen LogP contribution < -0.4 is 5.32 Å². The van der Waals surface area contributed by atoms with Crippen LogP contribution in [-0.2, 0) is 14.3 Å². The Bertz CT molecular complexity index is 1450. The second-order valence-corrected chi connectivity index (χ2v) is 10.5. The molecule has 6 nitrogen and oxygen atoms in total. The fourth-order valence-corrected chi connectivity index (χ4v) is 3.99. The van der Waals surface area contributed by atoms with Crippen molar-refractivity contribution in [3.8, 4) is 94.7 Å². The minimum Gasteiger partial charge on any atom is -0.463 e. The van der Waals surface area contributed by atoms with Gasteiger partial charge in [0.1, 0.15) is 12.1 Å². The van der Waals surface area contributed by atoms with Gasteiger partial charge in [-0.1, -0.05) is 103 Å². The van der Waals surface area contributed by atoms with Crippen LogP contribution in [0.1, 0.15) is 131 Å². The molecule has 0 radical (unpaired) electrons. The number of rotatable bonds is 21. The summed E-state index contributed by atoms with van der Waals surface area (Å²) in [7, 11) is 0. The molecule has 46 heavy (non-hydrogen) atoms. The number of hydrogen-bond donors (Lipinski definition) is 3. The third kappa shape index (κ3) is 26.9. The standard InChI is InChI=1S/C40H47NO5.10H2/c1-3-5-7-9-11-13-15-17-19-21-23-25-27-29-31-33-38(44)41-40(35-42,36-43)37-46-39(45)34-32-30-28-26-24-22-20-18-16-14-12-10-8-6-4-2;;;;;;;;;;/h42-43H,4,6,8,10,12,14,16,18,20,22,24,26,28,30,32,34-37H2,1-2H3,(H,41,44);10*1H. The molecule has 3 N–H and O–H groups in total. The van der Waals surface area contributed by atoms with E-state index in [9.17, 15) is 19.8 Å². The molecule has 0 saturated carbocycles. The number of carbonyl (C=O) groups is 2. The maximum absolute atomic E-state index is 12.2.